The van der Waals surface area contributed by atoms with E-state index in [4.69, 9.17) is 5.26 Å². The molecule has 0 amide bonds. The van der Waals surface area contributed by atoms with E-state index in [2.05, 4.69) is 21.3 Å². The molecule has 1 N–H and O–H groups in total. The van der Waals surface area contributed by atoms with Gasteiger partial charge in [-0.05, 0) is 31.7 Å². The summed E-state index contributed by atoms with van der Waals surface area (Å²) in [5, 5.41) is 15.9. The van der Waals surface area contributed by atoms with Gasteiger partial charge in [0.05, 0.1) is 11.3 Å². The van der Waals surface area contributed by atoms with Crippen molar-refractivity contribution in [3.8, 4) is 6.07 Å². The van der Waals surface area contributed by atoms with E-state index in [0.29, 0.717) is 16.4 Å². The van der Waals surface area contributed by atoms with Crippen molar-refractivity contribution in [3.63, 3.8) is 0 Å². The predicted molar refractivity (Wildman–Crippen MR) is 66.4 cm³/mol. The fraction of sp³-hybridized carbons (Fsp3) is 0.273. The SMILES string of the molecule is Cc1cc(Sc2n[nH]c(=O)n2C)c(C#N)c(C)n1. The number of nitrogens with one attached hydrogen (secondary N) is 1. The molecule has 7 heteroatoms. The third kappa shape index (κ3) is 2.15. The molecule has 0 atom stereocenters. The quantitative estimate of drug-likeness (QED) is 0.876. The minimum absolute atomic E-state index is 0.279. The summed E-state index contributed by atoms with van der Waals surface area (Å²) in [6.07, 6.45) is 0. The number of rotatable bonds is 2. The smallest absolute Gasteiger partial charge is 0.273 e. The van der Waals surface area contributed by atoms with E-state index in [9.17, 15) is 4.79 Å². The first-order valence-corrected chi connectivity index (χ1v) is 6.02. The van der Waals surface area contributed by atoms with Gasteiger partial charge in [0.1, 0.15) is 6.07 Å². The van der Waals surface area contributed by atoms with Gasteiger partial charge < -0.3 is 0 Å². The van der Waals surface area contributed by atoms with Crippen molar-refractivity contribution in [2.45, 2.75) is 23.9 Å². The van der Waals surface area contributed by atoms with E-state index in [-0.39, 0.29) is 5.69 Å². The number of nitriles is 1. The van der Waals surface area contributed by atoms with Crippen molar-refractivity contribution in [2.75, 3.05) is 0 Å². The average Bonchev–Trinajstić information content (AvgIpc) is 2.60. The molecule has 2 aromatic heterocycles. The Morgan fingerprint density at radius 3 is 2.78 bits per heavy atom. The van der Waals surface area contributed by atoms with Crippen molar-refractivity contribution in [1.29, 1.82) is 5.26 Å². The highest BCUT2D eigenvalue weighted by molar-refractivity contribution is 7.99. The molecule has 0 aliphatic heterocycles. The third-order valence-corrected chi connectivity index (χ3v) is 3.53. The molecule has 2 rings (SSSR count). The zero-order valence-corrected chi connectivity index (χ0v) is 11.0. The van der Waals surface area contributed by atoms with Crippen molar-refractivity contribution >= 4 is 11.8 Å². The zero-order chi connectivity index (χ0) is 13.3. The van der Waals surface area contributed by atoms with Crippen LogP contribution in [0.25, 0.3) is 0 Å². The third-order valence-electron chi connectivity index (χ3n) is 2.44. The average molecular weight is 261 g/mol. The molecular formula is C11H11N5OS. The maximum atomic E-state index is 11.3. The highest BCUT2D eigenvalue weighted by atomic mass is 32.2. The van der Waals surface area contributed by atoms with Crippen LogP contribution in [0.3, 0.4) is 0 Å². The second-order valence-electron chi connectivity index (χ2n) is 3.81. The van der Waals surface area contributed by atoms with Crippen LogP contribution < -0.4 is 5.69 Å². The molecule has 18 heavy (non-hydrogen) atoms. The Balaban J connectivity index is 2.50. The summed E-state index contributed by atoms with van der Waals surface area (Å²) in [7, 11) is 1.63. The first-order valence-electron chi connectivity index (χ1n) is 5.20. The molecule has 2 aromatic rings. The second-order valence-corrected chi connectivity index (χ2v) is 4.82. The highest BCUT2D eigenvalue weighted by Gasteiger charge is 2.13. The van der Waals surface area contributed by atoms with Gasteiger partial charge in [0.15, 0.2) is 5.16 Å². The van der Waals surface area contributed by atoms with Crippen molar-refractivity contribution in [3.05, 3.63) is 33.5 Å². The largest absolute Gasteiger partial charge is 0.343 e. The minimum atomic E-state index is -0.279. The van der Waals surface area contributed by atoms with Crippen LogP contribution in [0.2, 0.25) is 0 Å². The monoisotopic (exact) mass is 261 g/mol. The summed E-state index contributed by atoms with van der Waals surface area (Å²) in [6, 6.07) is 3.94. The molecule has 0 aliphatic rings. The molecule has 0 radical (unpaired) electrons. The summed E-state index contributed by atoms with van der Waals surface area (Å²) in [4.78, 5) is 16.3. The summed E-state index contributed by atoms with van der Waals surface area (Å²) in [6.45, 7) is 3.65. The number of H-pyrrole nitrogens is 1. The lowest BCUT2D eigenvalue weighted by Gasteiger charge is -2.06. The Hall–Kier alpha value is -2.07. The summed E-state index contributed by atoms with van der Waals surface area (Å²) in [5.74, 6) is 0. The van der Waals surface area contributed by atoms with Gasteiger partial charge in [0.25, 0.3) is 0 Å². The number of hydrogen-bond donors (Lipinski definition) is 1. The van der Waals surface area contributed by atoms with Crippen LogP contribution in [0, 0.1) is 25.2 Å². The summed E-state index contributed by atoms with van der Waals surface area (Å²) < 4.78 is 1.40. The molecule has 0 spiro atoms. The van der Waals surface area contributed by atoms with Gasteiger partial charge in [0, 0.05) is 17.6 Å². The van der Waals surface area contributed by atoms with E-state index in [1.165, 1.54) is 16.3 Å². The van der Waals surface area contributed by atoms with Crippen LogP contribution in [0.1, 0.15) is 17.0 Å². The van der Waals surface area contributed by atoms with Crippen LogP contribution >= 0.6 is 11.8 Å². The zero-order valence-electron chi connectivity index (χ0n) is 10.2. The molecule has 2 heterocycles. The number of nitrogens with zero attached hydrogens (tertiary/aromatic N) is 4. The molecule has 0 fully saturated rings. The van der Waals surface area contributed by atoms with Crippen LogP contribution in [-0.2, 0) is 7.05 Å². The van der Waals surface area contributed by atoms with Gasteiger partial charge in [-0.15, -0.1) is 5.10 Å². The normalized spacial score (nSPS) is 10.3. The van der Waals surface area contributed by atoms with Crippen LogP contribution in [0.15, 0.2) is 20.9 Å². The summed E-state index contributed by atoms with van der Waals surface area (Å²) in [5.41, 5.74) is 1.75. The lowest BCUT2D eigenvalue weighted by atomic mass is 10.2. The first kappa shape index (κ1) is 12.4. The lowest BCUT2D eigenvalue weighted by molar-refractivity contribution is 0.765. The number of aryl methyl sites for hydroxylation is 2. The van der Waals surface area contributed by atoms with Gasteiger partial charge in [-0.1, -0.05) is 0 Å². The van der Waals surface area contributed by atoms with Crippen molar-refractivity contribution < 1.29 is 0 Å². The molecule has 0 bridgehead atoms. The lowest BCUT2D eigenvalue weighted by Crippen LogP contribution is -2.12. The molecule has 6 nitrogen and oxygen atoms in total. The Morgan fingerprint density at radius 1 is 1.50 bits per heavy atom. The van der Waals surface area contributed by atoms with Gasteiger partial charge in [-0.25, -0.2) is 9.89 Å². The Morgan fingerprint density at radius 2 is 2.22 bits per heavy atom. The topological polar surface area (TPSA) is 87.4 Å². The van der Waals surface area contributed by atoms with Crippen molar-refractivity contribution in [1.82, 2.24) is 19.7 Å². The molecule has 0 saturated carbocycles. The molecular weight excluding hydrogens is 250 g/mol. The van der Waals surface area contributed by atoms with Crippen LogP contribution in [0.5, 0.6) is 0 Å². The number of aromatic nitrogens is 4. The van der Waals surface area contributed by atoms with Gasteiger partial charge in [-0.3, -0.25) is 9.55 Å². The van der Waals surface area contributed by atoms with E-state index in [1.807, 2.05) is 13.0 Å². The van der Waals surface area contributed by atoms with E-state index < -0.39 is 0 Å². The maximum absolute atomic E-state index is 11.3. The van der Waals surface area contributed by atoms with Gasteiger partial charge >= 0.3 is 5.69 Å². The van der Waals surface area contributed by atoms with Gasteiger partial charge in [0.2, 0.25) is 0 Å². The Bertz CT molecular complexity index is 694. The van der Waals surface area contributed by atoms with Crippen LogP contribution in [0.4, 0.5) is 0 Å². The van der Waals surface area contributed by atoms with Gasteiger partial charge in [-0.2, -0.15) is 5.26 Å². The molecule has 0 saturated heterocycles. The van der Waals surface area contributed by atoms with E-state index >= 15 is 0 Å². The predicted octanol–water partition coefficient (Wildman–Crippen LogP) is 1.14. The highest BCUT2D eigenvalue weighted by Crippen LogP contribution is 2.29. The Labute approximate surface area is 108 Å². The minimum Gasteiger partial charge on any atom is -0.273 e. The molecule has 0 unspecified atom stereocenters. The molecule has 0 aromatic carbocycles. The maximum Gasteiger partial charge on any atom is 0.343 e. The fourth-order valence-electron chi connectivity index (χ4n) is 1.53. The first-order chi connectivity index (χ1) is 8.52. The van der Waals surface area contributed by atoms with E-state index in [1.54, 1.807) is 14.0 Å². The fourth-order valence-corrected chi connectivity index (χ4v) is 2.56. The van der Waals surface area contributed by atoms with Crippen LogP contribution in [-0.4, -0.2) is 19.7 Å². The Kier molecular flexibility index (Phi) is 3.21. The van der Waals surface area contributed by atoms with Crippen molar-refractivity contribution in [2.24, 2.45) is 7.05 Å². The number of pyridine rings is 1. The number of aromatic amines is 1. The summed E-state index contributed by atoms with van der Waals surface area (Å²) >= 11 is 1.27. The molecule has 92 valence electrons. The van der Waals surface area contributed by atoms with E-state index in [0.717, 1.165) is 10.6 Å². The standard InChI is InChI=1S/C11H11N5OS/c1-6-4-9(8(5-12)7(2)13-6)18-11-15-14-10(17)16(11)3/h4H,1-3H3,(H,14,17). The number of hydrogen-bond acceptors (Lipinski definition) is 5. The molecule has 0 aliphatic carbocycles. The second kappa shape index (κ2) is 4.66.